The molecule has 3 rings (SSSR count). The fourth-order valence-electron chi connectivity index (χ4n) is 2.63. The van der Waals surface area contributed by atoms with Gasteiger partial charge in [0.15, 0.2) is 0 Å². The number of carbonyl (C=O) groups excluding carboxylic acids is 1. The number of halogens is 1. The molecule has 3 aromatic rings. The van der Waals surface area contributed by atoms with Crippen LogP contribution in [0.15, 0.2) is 48.5 Å². The number of amides is 1. The molecule has 0 saturated heterocycles. The first-order chi connectivity index (χ1) is 12.6. The molecule has 1 N–H and O–H groups in total. The van der Waals surface area contributed by atoms with Crippen LogP contribution in [0.2, 0.25) is 5.02 Å². The van der Waals surface area contributed by atoms with E-state index in [0.717, 1.165) is 17.5 Å². The summed E-state index contributed by atoms with van der Waals surface area (Å²) in [6.07, 6.45) is 0.976. The van der Waals surface area contributed by atoms with E-state index in [9.17, 15) is 4.79 Å². The maximum absolute atomic E-state index is 12.3. The van der Waals surface area contributed by atoms with E-state index in [1.54, 1.807) is 6.07 Å². The SMILES string of the molecule is CCc1ccc(-c2nnn(CC(=O)N[C@H](C)c3ccccc3Cl)n2)cc1. The number of rotatable bonds is 6. The van der Waals surface area contributed by atoms with Crippen LogP contribution in [0.5, 0.6) is 0 Å². The number of carbonyl (C=O) groups is 1. The van der Waals surface area contributed by atoms with E-state index < -0.39 is 0 Å². The molecule has 0 aliphatic carbocycles. The molecule has 0 unspecified atom stereocenters. The zero-order chi connectivity index (χ0) is 18.5. The van der Waals surface area contributed by atoms with Gasteiger partial charge in [-0.25, -0.2) is 0 Å². The van der Waals surface area contributed by atoms with Crippen LogP contribution >= 0.6 is 11.6 Å². The van der Waals surface area contributed by atoms with Crippen LogP contribution in [-0.2, 0) is 17.8 Å². The smallest absolute Gasteiger partial charge is 0.244 e. The Kier molecular flexibility index (Phi) is 5.63. The average Bonchev–Trinajstić information content (AvgIpc) is 3.10. The summed E-state index contributed by atoms with van der Waals surface area (Å²) in [4.78, 5) is 13.5. The summed E-state index contributed by atoms with van der Waals surface area (Å²) >= 11 is 6.16. The molecule has 0 aliphatic heterocycles. The van der Waals surface area contributed by atoms with E-state index in [4.69, 9.17) is 11.6 Å². The van der Waals surface area contributed by atoms with Gasteiger partial charge in [-0.05, 0) is 35.8 Å². The van der Waals surface area contributed by atoms with E-state index in [1.807, 2.05) is 49.4 Å². The van der Waals surface area contributed by atoms with Crippen LogP contribution in [0.4, 0.5) is 0 Å². The molecular weight excluding hydrogens is 350 g/mol. The Bertz CT molecular complexity index is 891. The highest BCUT2D eigenvalue weighted by Crippen LogP contribution is 2.22. The largest absolute Gasteiger partial charge is 0.348 e. The maximum atomic E-state index is 12.3. The van der Waals surface area contributed by atoms with Crippen molar-refractivity contribution >= 4 is 17.5 Å². The third-order valence-electron chi connectivity index (χ3n) is 4.11. The van der Waals surface area contributed by atoms with Gasteiger partial charge in [0.05, 0.1) is 6.04 Å². The molecule has 6 nitrogen and oxygen atoms in total. The Morgan fingerprint density at radius 2 is 1.92 bits per heavy atom. The van der Waals surface area contributed by atoms with Gasteiger partial charge in [0.25, 0.3) is 0 Å². The van der Waals surface area contributed by atoms with Gasteiger partial charge >= 0.3 is 0 Å². The number of aromatic nitrogens is 4. The molecular formula is C19H20ClN5O. The zero-order valence-corrected chi connectivity index (χ0v) is 15.4. The van der Waals surface area contributed by atoms with Crippen molar-refractivity contribution in [2.24, 2.45) is 0 Å². The number of aryl methyl sites for hydroxylation is 1. The quantitative estimate of drug-likeness (QED) is 0.722. The zero-order valence-electron chi connectivity index (χ0n) is 14.7. The first-order valence-corrected chi connectivity index (χ1v) is 8.85. The first-order valence-electron chi connectivity index (χ1n) is 8.47. The van der Waals surface area contributed by atoms with Gasteiger partial charge in [-0.1, -0.05) is 61.0 Å². The van der Waals surface area contributed by atoms with Gasteiger partial charge < -0.3 is 5.32 Å². The van der Waals surface area contributed by atoms with Gasteiger partial charge in [0, 0.05) is 10.6 Å². The van der Waals surface area contributed by atoms with Crippen LogP contribution in [0.1, 0.15) is 31.0 Å². The molecule has 0 bridgehead atoms. The molecule has 0 aliphatic rings. The van der Waals surface area contributed by atoms with Crippen molar-refractivity contribution < 1.29 is 4.79 Å². The normalized spacial score (nSPS) is 12.0. The maximum Gasteiger partial charge on any atom is 0.244 e. The van der Waals surface area contributed by atoms with Gasteiger partial charge in [0.1, 0.15) is 6.54 Å². The molecule has 1 heterocycles. The minimum Gasteiger partial charge on any atom is -0.348 e. The van der Waals surface area contributed by atoms with E-state index >= 15 is 0 Å². The van der Waals surface area contributed by atoms with Crippen molar-refractivity contribution in [3.63, 3.8) is 0 Å². The Morgan fingerprint density at radius 3 is 2.62 bits per heavy atom. The standard InChI is InChI=1S/C19H20ClN5O/c1-3-14-8-10-15(11-9-14)19-22-24-25(23-19)12-18(26)21-13(2)16-6-4-5-7-17(16)20/h4-11,13H,3,12H2,1-2H3,(H,21,26)/t13-/m1/s1. The van der Waals surface area contributed by atoms with Crippen molar-refractivity contribution in [2.45, 2.75) is 32.9 Å². The van der Waals surface area contributed by atoms with Crippen LogP contribution in [0.25, 0.3) is 11.4 Å². The summed E-state index contributed by atoms with van der Waals surface area (Å²) in [7, 11) is 0. The van der Waals surface area contributed by atoms with Crippen LogP contribution < -0.4 is 5.32 Å². The summed E-state index contributed by atoms with van der Waals surface area (Å²) in [5.41, 5.74) is 2.98. The van der Waals surface area contributed by atoms with Gasteiger partial charge in [-0.2, -0.15) is 4.80 Å². The molecule has 2 aromatic carbocycles. The predicted molar refractivity (Wildman–Crippen MR) is 101 cm³/mol. The lowest BCUT2D eigenvalue weighted by Gasteiger charge is -2.15. The molecule has 134 valence electrons. The highest BCUT2D eigenvalue weighted by molar-refractivity contribution is 6.31. The lowest BCUT2D eigenvalue weighted by atomic mass is 10.1. The van der Waals surface area contributed by atoms with Crippen LogP contribution in [0.3, 0.4) is 0 Å². The number of hydrogen-bond donors (Lipinski definition) is 1. The van der Waals surface area contributed by atoms with Crippen molar-refractivity contribution in [1.29, 1.82) is 0 Å². The van der Waals surface area contributed by atoms with E-state index in [1.165, 1.54) is 10.4 Å². The fourth-order valence-corrected chi connectivity index (χ4v) is 2.93. The Balaban J connectivity index is 1.63. The third kappa shape index (κ3) is 4.26. The molecule has 1 atom stereocenters. The molecule has 0 spiro atoms. The van der Waals surface area contributed by atoms with Gasteiger partial charge in [-0.15, -0.1) is 10.2 Å². The highest BCUT2D eigenvalue weighted by Gasteiger charge is 2.14. The minimum absolute atomic E-state index is 0.00512. The second-order valence-electron chi connectivity index (χ2n) is 6.00. The topological polar surface area (TPSA) is 72.7 Å². The molecule has 1 aromatic heterocycles. The minimum atomic E-state index is -0.208. The van der Waals surface area contributed by atoms with E-state index in [-0.39, 0.29) is 18.5 Å². The molecule has 26 heavy (non-hydrogen) atoms. The third-order valence-corrected chi connectivity index (χ3v) is 4.45. The number of benzene rings is 2. The summed E-state index contributed by atoms with van der Waals surface area (Å²) in [6.45, 7) is 3.98. The lowest BCUT2D eigenvalue weighted by Crippen LogP contribution is -2.31. The van der Waals surface area contributed by atoms with Crippen molar-refractivity contribution in [3.8, 4) is 11.4 Å². The second kappa shape index (κ2) is 8.10. The average molecular weight is 370 g/mol. The summed E-state index contributed by atoms with van der Waals surface area (Å²) < 4.78 is 0. The van der Waals surface area contributed by atoms with Crippen LogP contribution in [-0.4, -0.2) is 26.1 Å². The summed E-state index contributed by atoms with van der Waals surface area (Å²) in [6, 6.07) is 15.2. The van der Waals surface area contributed by atoms with Gasteiger partial charge in [-0.3, -0.25) is 4.79 Å². The Hall–Kier alpha value is -2.73. The fraction of sp³-hybridized carbons (Fsp3) is 0.263. The monoisotopic (exact) mass is 369 g/mol. The predicted octanol–water partition coefficient (Wildman–Crippen LogP) is 3.43. The number of nitrogens with one attached hydrogen (secondary N) is 1. The summed E-state index contributed by atoms with van der Waals surface area (Å²) in [5.74, 6) is 0.294. The van der Waals surface area contributed by atoms with Gasteiger partial charge in [0.2, 0.25) is 11.7 Å². The molecule has 0 radical (unpaired) electrons. The van der Waals surface area contributed by atoms with E-state index in [2.05, 4.69) is 27.7 Å². The number of nitrogens with zero attached hydrogens (tertiary/aromatic N) is 4. The molecule has 1 amide bonds. The highest BCUT2D eigenvalue weighted by atomic mass is 35.5. The van der Waals surface area contributed by atoms with Crippen molar-refractivity contribution in [1.82, 2.24) is 25.5 Å². The van der Waals surface area contributed by atoms with Crippen molar-refractivity contribution in [2.75, 3.05) is 0 Å². The Labute approximate surface area is 157 Å². The van der Waals surface area contributed by atoms with Crippen LogP contribution in [0, 0.1) is 0 Å². The molecule has 0 saturated carbocycles. The second-order valence-corrected chi connectivity index (χ2v) is 6.41. The summed E-state index contributed by atoms with van der Waals surface area (Å²) in [5, 5.41) is 15.8. The Morgan fingerprint density at radius 1 is 1.19 bits per heavy atom. The number of hydrogen-bond acceptors (Lipinski definition) is 4. The van der Waals surface area contributed by atoms with Crippen molar-refractivity contribution in [3.05, 3.63) is 64.7 Å². The number of tetrazole rings is 1. The van der Waals surface area contributed by atoms with E-state index in [0.29, 0.717) is 10.8 Å². The molecule has 7 heteroatoms. The molecule has 0 fully saturated rings. The first kappa shape index (κ1) is 18.1. The lowest BCUT2D eigenvalue weighted by molar-refractivity contribution is -0.122.